The first-order chi connectivity index (χ1) is 9.28. The van der Waals surface area contributed by atoms with Crippen LogP contribution < -0.4 is 5.32 Å². The first-order valence-corrected chi connectivity index (χ1v) is 6.88. The third kappa shape index (κ3) is 3.17. The van der Waals surface area contributed by atoms with Gasteiger partial charge in [0.15, 0.2) is 5.82 Å². The molecule has 0 aliphatic rings. The van der Waals surface area contributed by atoms with Gasteiger partial charge in [-0.25, -0.2) is 9.67 Å². The molecule has 0 unspecified atom stereocenters. The van der Waals surface area contributed by atoms with Gasteiger partial charge >= 0.3 is 0 Å². The van der Waals surface area contributed by atoms with Crippen molar-refractivity contribution in [3.63, 3.8) is 0 Å². The molecule has 0 aromatic carbocycles. The number of hydrogen-bond donors (Lipinski definition) is 1. The molecule has 102 valence electrons. The Morgan fingerprint density at radius 1 is 1.11 bits per heavy atom. The topological polar surface area (TPSA) is 55.6 Å². The van der Waals surface area contributed by atoms with Crippen molar-refractivity contribution in [2.75, 3.05) is 6.54 Å². The minimum atomic E-state index is 0.737. The average Bonchev–Trinajstić information content (AvgIpc) is 2.89. The van der Waals surface area contributed by atoms with Crippen molar-refractivity contribution in [2.24, 2.45) is 0 Å². The van der Waals surface area contributed by atoms with Crippen LogP contribution in [0, 0.1) is 0 Å². The molecule has 0 atom stereocenters. The molecule has 2 rings (SSSR count). The summed E-state index contributed by atoms with van der Waals surface area (Å²) in [7, 11) is 0. The maximum absolute atomic E-state index is 4.61. The van der Waals surface area contributed by atoms with E-state index in [9.17, 15) is 0 Å². The minimum Gasteiger partial charge on any atom is -0.311 e. The summed E-state index contributed by atoms with van der Waals surface area (Å²) >= 11 is 0. The molecule has 19 heavy (non-hydrogen) atoms. The Kier molecular flexibility index (Phi) is 4.63. The summed E-state index contributed by atoms with van der Waals surface area (Å²) in [5.74, 6) is 0.798. The summed E-state index contributed by atoms with van der Waals surface area (Å²) in [6.07, 6.45) is 5.43. The van der Waals surface area contributed by atoms with Crippen LogP contribution in [0.2, 0.25) is 0 Å². The summed E-state index contributed by atoms with van der Waals surface area (Å²) < 4.78 is 1.90. The van der Waals surface area contributed by atoms with Gasteiger partial charge in [-0.05, 0) is 25.5 Å². The normalized spacial score (nSPS) is 10.9. The molecule has 0 saturated carbocycles. The van der Waals surface area contributed by atoms with Crippen molar-refractivity contribution >= 4 is 0 Å². The summed E-state index contributed by atoms with van der Waals surface area (Å²) in [5, 5.41) is 7.84. The van der Waals surface area contributed by atoms with E-state index in [1.807, 2.05) is 4.68 Å². The minimum absolute atomic E-state index is 0.737. The van der Waals surface area contributed by atoms with Crippen LogP contribution in [0.5, 0.6) is 0 Å². The van der Waals surface area contributed by atoms with Crippen molar-refractivity contribution in [3.05, 3.63) is 35.5 Å². The van der Waals surface area contributed by atoms with Gasteiger partial charge in [-0.3, -0.25) is 4.98 Å². The molecule has 0 saturated heterocycles. The Bertz CT molecular complexity index is 532. The summed E-state index contributed by atoms with van der Waals surface area (Å²) in [6, 6.07) is 2.14. The second-order valence-electron chi connectivity index (χ2n) is 4.39. The van der Waals surface area contributed by atoms with Crippen LogP contribution in [-0.4, -0.2) is 26.3 Å². The highest BCUT2D eigenvalue weighted by Crippen LogP contribution is 2.12. The fourth-order valence-corrected chi connectivity index (χ4v) is 1.93. The Labute approximate surface area is 114 Å². The first kappa shape index (κ1) is 13.7. The van der Waals surface area contributed by atoms with Crippen LogP contribution in [0.1, 0.15) is 37.9 Å². The van der Waals surface area contributed by atoms with Crippen LogP contribution in [0.4, 0.5) is 0 Å². The zero-order valence-electron chi connectivity index (χ0n) is 11.8. The van der Waals surface area contributed by atoms with Gasteiger partial charge in [0, 0.05) is 18.4 Å². The number of aromatic nitrogens is 4. The van der Waals surface area contributed by atoms with Crippen molar-refractivity contribution in [2.45, 2.75) is 40.2 Å². The lowest BCUT2D eigenvalue weighted by Crippen LogP contribution is -2.14. The van der Waals surface area contributed by atoms with Gasteiger partial charge in [-0.1, -0.05) is 20.8 Å². The molecule has 2 aromatic heterocycles. The average molecular weight is 259 g/mol. The number of hydrogen-bond acceptors (Lipinski definition) is 4. The van der Waals surface area contributed by atoms with E-state index in [0.717, 1.165) is 43.1 Å². The van der Waals surface area contributed by atoms with E-state index in [1.54, 1.807) is 12.4 Å². The zero-order chi connectivity index (χ0) is 13.7. The molecule has 0 radical (unpaired) electrons. The number of nitrogens with one attached hydrogen (secondary N) is 1. The molecular weight excluding hydrogens is 238 g/mol. The quantitative estimate of drug-likeness (QED) is 0.861. The van der Waals surface area contributed by atoms with Crippen molar-refractivity contribution in [3.8, 4) is 5.82 Å². The SMILES string of the molecule is CCNCc1cncc(-n2nc(CC)cc2CC)n1. The second kappa shape index (κ2) is 6.43. The molecule has 0 amide bonds. The van der Waals surface area contributed by atoms with Gasteiger partial charge in [0.1, 0.15) is 0 Å². The molecule has 0 spiro atoms. The zero-order valence-corrected chi connectivity index (χ0v) is 11.8. The third-order valence-electron chi connectivity index (χ3n) is 3.00. The molecule has 0 aliphatic heterocycles. The van der Waals surface area contributed by atoms with Crippen molar-refractivity contribution < 1.29 is 0 Å². The van der Waals surface area contributed by atoms with E-state index in [-0.39, 0.29) is 0 Å². The second-order valence-corrected chi connectivity index (χ2v) is 4.39. The fourth-order valence-electron chi connectivity index (χ4n) is 1.93. The lowest BCUT2D eigenvalue weighted by molar-refractivity contribution is 0.693. The van der Waals surface area contributed by atoms with Crippen LogP contribution in [-0.2, 0) is 19.4 Å². The van der Waals surface area contributed by atoms with Crippen LogP contribution in [0.25, 0.3) is 5.82 Å². The van der Waals surface area contributed by atoms with E-state index < -0.39 is 0 Å². The molecule has 5 heteroatoms. The third-order valence-corrected chi connectivity index (χ3v) is 3.00. The first-order valence-electron chi connectivity index (χ1n) is 6.88. The summed E-state index contributed by atoms with van der Waals surface area (Å²) in [4.78, 5) is 8.87. The molecule has 0 aliphatic carbocycles. The predicted molar refractivity (Wildman–Crippen MR) is 75.3 cm³/mol. The van der Waals surface area contributed by atoms with E-state index >= 15 is 0 Å². The fraction of sp³-hybridized carbons (Fsp3) is 0.500. The van der Waals surface area contributed by atoms with Gasteiger partial charge in [0.25, 0.3) is 0 Å². The van der Waals surface area contributed by atoms with E-state index in [2.05, 4.69) is 47.2 Å². The largest absolute Gasteiger partial charge is 0.311 e. The Hall–Kier alpha value is -1.75. The van der Waals surface area contributed by atoms with Gasteiger partial charge in [-0.15, -0.1) is 0 Å². The highest BCUT2D eigenvalue weighted by molar-refractivity contribution is 5.25. The Morgan fingerprint density at radius 3 is 2.63 bits per heavy atom. The predicted octanol–water partition coefficient (Wildman–Crippen LogP) is 1.90. The Balaban J connectivity index is 2.32. The maximum atomic E-state index is 4.61. The lowest BCUT2D eigenvalue weighted by Gasteiger charge is -2.06. The van der Waals surface area contributed by atoms with Gasteiger partial charge in [0.2, 0.25) is 0 Å². The standard InChI is InChI=1S/C14H21N5/c1-4-11-7-13(5-2)19(18-11)14-10-16-9-12(17-14)8-15-6-3/h7,9-10,15H,4-6,8H2,1-3H3. The van der Waals surface area contributed by atoms with E-state index in [4.69, 9.17) is 0 Å². The molecule has 2 heterocycles. The Morgan fingerprint density at radius 2 is 1.95 bits per heavy atom. The highest BCUT2D eigenvalue weighted by Gasteiger charge is 2.09. The number of rotatable bonds is 6. The lowest BCUT2D eigenvalue weighted by atomic mass is 10.2. The molecular formula is C14H21N5. The number of aryl methyl sites for hydroxylation is 2. The van der Waals surface area contributed by atoms with Crippen LogP contribution in [0.15, 0.2) is 18.5 Å². The molecule has 5 nitrogen and oxygen atoms in total. The molecule has 0 bridgehead atoms. The molecule has 0 fully saturated rings. The highest BCUT2D eigenvalue weighted by atomic mass is 15.3. The van der Waals surface area contributed by atoms with E-state index in [1.165, 1.54) is 5.69 Å². The molecule has 1 N–H and O–H groups in total. The van der Waals surface area contributed by atoms with E-state index in [0.29, 0.717) is 0 Å². The maximum Gasteiger partial charge on any atom is 0.172 e. The van der Waals surface area contributed by atoms with Gasteiger partial charge in [-0.2, -0.15) is 5.10 Å². The van der Waals surface area contributed by atoms with Crippen molar-refractivity contribution in [1.29, 1.82) is 0 Å². The van der Waals surface area contributed by atoms with Crippen LogP contribution in [0.3, 0.4) is 0 Å². The van der Waals surface area contributed by atoms with Gasteiger partial charge < -0.3 is 5.32 Å². The van der Waals surface area contributed by atoms with Crippen molar-refractivity contribution in [1.82, 2.24) is 25.1 Å². The smallest absolute Gasteiger partial charge is 0.172 e. The van der Waals surface area contributed by atoms with Gasteiger partial charge in [0.05, 0.1) is 17.6 Å². The monoisotopic (exact) mass is 259 g/mol. The summed E-state index contributed by atoms with van der Waals surface area (Å²) in [6.45, 7) is 7.98. The number of nitrogens with zero attached hydrogens (tertiary/aromatic N) is 4. The van der Waals surface area contributed by atoms with Crippen LogP contribution >= 0.6 is 0 Å². The molecule has 2 aromatic rings. The summed E-state index contributed by atoms with van der Waals surface area (Å²) in [5.41, 5.74) is 3.21.